The topological polar surface area (TPSA) is 12.9 Å². The van der Waals surface area contributed by atoms with E-state index in [0.717, 1.165) is 23.1 Å². The van der Waals surface area contributed by atoms with E-state index in [1.807, 2.05) is 36.4 Å². The van der Waals surface area contributed by atoms with Crippen LogP contribution in [0.15, 0.2) is 60.8 Å². The van der Waals surface area contributed by atoms with Gasteiger partial charge in [-0.05, 0) is 41.3 Å². The van der Waals surface area contributed by atoms with Gasteiger partial charge in [0.15, 0.2) is 0 Å². The second-order valence-electron chi connectivity index (χ2n) is 5.11. The second kappa shape index (κ2) is 6.29. The Morgan fingerprint density at radius 1 is 0.909 bits per heavy atom. The number of rotatable bonds is 3. The van der Waals surface area contributed by atoms with Crippen LogP contribution in [0.3, 0.4) is 0 Å². The molecule has 2 aromatic carbocycles. The van der Waals surface area contributed by atoms with Crippen LogP contribution >= 0.6 is 11.6 Å². The number of hydrogen-bond acceptors (Lipinski definition) is 1. The van der Waals surface area contributed by atoms with Crippen molar-refractivity contribution in [2.75, 3.05) is 0 Å². The van der Waals surface area contributed by atoms with E-state index < -0.39 is 0 Å². The second-order valence-corrected chi connectivity index (χ2v) is 5.50. The van der Waals surface area contributed by atoms with Gasteiger partial charge in [-0.1, -0.05) is 54.9 Å². The first-order valence-electron chi connectivity index (χ1n) is 7.18. The van der Waals surface area contributed by atoms with Gasteiger partial charge in [-0.2, -0.15) is 0 Å². The molecule has 1 nitrogen and oxygen atoms in total. The molecule has 1 heterocycles. The molecule has 0 radical (unpaired) electrons. The SMILES string of the molecule is CCc1ccc(-c2ccc(-c3ccc(Cl)nc3)cc2F)cc1. The smallest absolute Gasteiger partial charge is 0.131 e. The first kappa shape index (κ1) is 14.7. The molecule has 22 heavy (non-hydrogen) atoms. The molecule has 0 saturated heterocycles. The van der Waals surface area contributed by atoms with Crippen LogP contribution in [0.2, 0.25) is 5.15 Å². The minimum atomic E-state index is -0.239. The Bertz CT molecular complexity index is 780. The first-order chi connectivity index (χ1) is 10.7. The van der Waals surface area contributed by atoms with Gasteiger partial charge < -0.3 is 0 Å². The highest BCUT2D eigenvalue weighted by atomic mass is 35.5. The van der Waals surface area contributed by atoms with E-state index in [4.69, 9.17) is 11.6 Å². The molecule has 110 valence electrons. The highest BCUT2D eigenvalue weighted by molar-refractivity contribution is 6.29. The third kappa shape index (κ3) is 3.02. The third-order valence-corrected chi connectivity index (χ3v) is 3.93. The van der Waals surface area contributed by atoms with E-state index in [9.17, 15) is 4.39 Å². The van der Waals surface area contributed by atoms with Gasteiger partial charge in [-0.15, -0.1) is 0 Å². The molecule has 3 aromatic rings. The fraction of sp³-hybridized carbons (Fsp3) is 0.105. The number of benzene rings is 2. The summed E-state index contributed by atoms with van der Waals surface area (Å²) in [6.45, 7) is 2.10. The predicted octanol–water partition coefficient (Wildman–Crippen LogP) is 5.77. The molecule has 0 fully saturated rings. The average Bonchev–Trinajstić information content (AvgIpc) is 2.56. The Labute approximate surface area is 134 Å². The van der Waals surface area contributed by atoms with Gasteiger partial charge in [0, 0.05) is 17.3 Å². The molecule has 3 rings (SSSR count). The largest absolute Gasteiger partial charge is 0.244 e. The number of halogens is 2. The summed E-state index contributed by atoms with van der Waals surface area (Å²) in [7, 11) is 0. The van der Waals surface area contributed by atoms with Crippen molar-refractivity contribution in [3.8, 4) is 22.3 Å². The van der Waals surface area contributed by atoms with Gasteiger partial charge in [0.05, 0.1) is 0 Å². The molecule has 0 N–H and O–H groups in total. The van der Waals surface area contributed by atoms with E-state index in [0.29, 0.717) is 10.7 Å². The summed E-state index contributed by atoms with van der Waals surface area (Å²) in [4.78, 5) is 4.03. The molecule has 0 saturated carbocycles. The molecule has 0 unspecified atom stereocenters. The zero-order valence-electron chi connectivity index (χ0n) is 12.2. The lowest BCUT2D eigenvalue weighted by Gasteiger charge is -2.07. The highest BCUT2D eigenvalue weighted by Crippen LogP contribution is 2.28. The van der Waals surface area contributed by atoms with Crippen molar-refractivity contribution in [2.45, 2.75) is 13.3 Å². The van der Waals surface area contributed by atoms with E-state index >= 15 is 0 Å². The van der Waals surface area contributed by atoms with Crippen LogP contribution in [0.1, 0.15) is 12.5 Å². The summed E-state index contributed by atoms with van der Waals surface area (Å²) in [5.41, 5.74) is 4.36. The van der Waals surface area contributed by atoms with Gasteiger partial charge in [0.25, 0.3) is 0 Å². The normalized spacial score (nSPS) is 10.7. The van der Waals surface area contributed by atoms with E-state index in [1.54, 1.807) is 18.3 Å². The maximum absolute atomic E-state index is 14.4. The molecular weight excluding hydrogens is 297 g/mol. The lowest BCUT2D eigenvalue weighted by molar-refractivity contribution is 0.632. The van der Waals surface area contributed by atoms with Crippen molar-refractivity contribution in [2.24, 2.45) is 0 Å². The Morgan fingerprint density at radius 2 is 1.59 bits per heavy atom. The molecule has 0 aliphatic carbocycles. The fourth-order valence-corrected chi connectivity index (χ4v) is 2.51. The Kier molecular flexibility index (Phi) is 4.21. The summed E-state index contributed by atoms with van der Waals surface area (Å²) < 4.78 is 14.4. The van der Waals surface area contributed by atoms with E-state index in [-0.39, 0.29) is 5.82 Å². The Morgan fingerprint density at radius 3 is 2.18 bits per heavy atom. The molecule has 1 aromatic heterocycles. The summed E-state index contributed by atoms with van der Waals surface area (Å²) in [6.07, 6.45) is 2.62. The molecule has 0 amide bonds. The zero-order valence-corrected chi connectivity index (χ0v) is 12.9. The highest BCUT2D eigenvalue weighted by Gasteiger charge is 2.08. The fourth-order valence-electron chi connectivity index (χ4n) is 2.40. The minimum Gasteiger partial charge on any atom is -0.244 e. The maximum Gasteiger partial charge on any atom is 0.131 e. The summed E-state index contributed by atoms with van der Waals surface area (Å²) in [5, 5.41) is 0.428. The Balaban J connectivity index is 1.96. The van der Waals surface area contributed by atoms with E-state index in [2.05, 4.69) is 11.9 Å². The monoisotopic (exact) mass is 311 g/mol. The third-order valence-electron chi connectivity index (χ3n) is 3.70. The quantitative estimate of drug-likeness (QED) is 0.559. The van der Waals surface area contributed by atoms with Gasteiger partial charge in [0.2, 0.25) is 0 Å². The van der Waals surface area contributed by atoms with Gasteiger partial charge in [-0.3, -0.25) is 0 Å². The summed E-state index contributed by atoms with van der Waals surface area (Å²) >= 11 is 5.78. The van der Waals surface area contributed by atoms with Crippen LogP contribution in [0.25, 0.3) is 22.3 Å². The standard InChI is InChI=1S/C19H15ClFN/c1-2-13-3-5-14(6-4-13)17-9-7-15(11-18(17)21)16-8-10-19(20)22-12-16/h3-12H,2H2,1H3. The number of aryl methyl sites for hydroxylation is 1. The van der Waals surface area contributed by atoms with E-state index in [1.165, 1.54) is 11.6 Å². The minimum absolute atomic E-state index is 0.239. The van der Waals surface area contributed by atoms with Crippen LogP contribution in [0, 0.1) is 5.82 Å². The molecular formula is C19H15ClFN. The molecule has 0 aliphatic heterocycles. The number of aromatic nitrogens is 1. The number of nitrogens with zero attached hydrogens (tertiary/aromatic N) is 1. The van der Waals surface area contributed by atoms with Crippen molar-refractivity contribution in [3.63, 3.8) is 0 Å². The Hall–Kier alpha value is -2.19. The average molecular weight is 312 g/mol. The van der Waals surface area contributed by atoms with Crippen LogP contribution < -0.4 is 0 Å². The molecule has 0 aliphatic rings. The van der Waals surface area contributed by atoms with Gasteiger partial charge >= 0.3 is 0 Å². The van der Waals surface area contributed by atoms with Crippen molar-refractivity contribution in [1.82, 2.24) is 4.98 Å². The maximum atomic E-state index is 14.4. The van der Waals surface area contributed by atoms with Crippen molar-refractivity contribution in [1.29, 1.82) is 0 Å². The molecule has 0 spiro atoms. The van der Waals surface area contributed by atoms with Gasteiger partial charge in [0.1, 0.15) is 11.0 Å². The lowest BCUT2D eigenvalue weighted by Crippen LogP contribution is -1.88. The molecule has 3 heteroatoms. The molecule has 0 atom stereocenters. The zero-order chi connectivity index (χ0) is 15.5. The number of hydrogen-bond donors (Lipinski definition) is 0. The number of pyridine rings is 1. The van der Waals surface area contributed by atoms with Crippen molar-refractivity contribution >= 4 is 11.6 Å². The van der Waals surface area contributed by atoms with Crippen LogP contribution in [0.5, 0.6) is 0 Å². The van der Waals surface area contributed by atoms with Gasteiger partial charge in [-0.25, -0.2) is 9.37 Å². The summed E-state index contributed by atoms with van der Waals surface area (Å²) in [6, 6.07) is 16.8. The summed E-state index contributed by atoms with van der Waals surface area (Å²) in [5.74, 6) is -0.239. The molecule has 0 bridgehead atoms. The van der Waals surface area contributed by atoms with Crippen LogP contribution in [0.4, 0.5) is 4.39 Å². The van der Waals surface area contributed by atoms with Crippen LogP contribution in [-0.4, -0.2) is 4.98 Å². The van der Waals surface area contributed by atoms with Crippen molar-refractivity contribution in [3.05, 3.63) is 77.3 Å². The lowest BCUT2D eigenvalue weighted by atomic mass is 9.99. The van der Waals surface area contributed by atoms with Crippen molar-refractivity contribution < 1.29 is 4.39 Å². The van der Waals surface area contributed by atoms with Crippen LogP contribution in [-0.2, 0) is 6.42 Å². The predicted molar refractivity (Wildman–Crippen MR) is 89.5 cm³/mol. The first-order valence-corrected chi connectivity index (χ1v) is 7.56.